The van der Waals surface area contributed by atoms with E-state index < -0.39 is 17.7 Å². The molecule has 4 rings (SSSR count). The van der Waals surface area contributed by atoms with Crippen LogP contribution in [0.4, 0.5) is 13.2 Å². The van der Waals surface area contributed by atoms with Crippen molar-refractivity contribution in [2.75, 3.05) is 6.61 Å². The van der Waals surface area contributed by atoms with Crippen LogP contribution >= 0.6 is 11.3 Å². The molecule has 0 saturated heterocycles. The number of nitrogens with zero attached hydrogens (tertiary/aromatic N) is 1. The summed E-state index contributed by atoms with van der Waals surface area (Å²) in [5.41, 5.74) is 1.98. The normalized spacial score (nSPS) is 11.6. The first kappa shape index (κ1) is 21.1. The van der Waals surface area contributed by atoms with Crippen LogP contribution < -0.4 is 0 Å². The van der Waals surface area contributed by atoms with Crippen LogP contribution in [0.15, 0.2) is 66.9 Å². The Bertz CT molecular complexity index is 1230. The highest BCUT2D eigenvalue weighted by Gasteiger charge is 2.30. The molecular formula is C24H18F3NO2S. The molecule has 0 radical (unpaired) electrons. The van der Waals surface area contributed by atoms with Gasteiger partial charge < -0.3 is 4.74 Å². The van der Waals surface area contributed by atoms with Crippen LogP contribution in [0.2, 0.25) is 0 Å². The van der Waals surface area contributed by atoms with Crippen molar-refractivity contribution in [3.05, 3.63) is 88.4 Å². The summed E-state index contributed by atoms with van der Waals surface area (Å²) >= 11 is 1.53. The quantitative estimate of drug-likeness (QED) is 0.322. The van der Waals surface area contributed by atoms with Gasteiger partial charge in [-0.2, -0.15) is 13.2 Å². The van der Waals surface area contributed by atoms with Gasteiger partial charge >= 0.3 is 12.1 Å². The standard InChI is InChI=1S/C24H18F3NO2S/c1-2-30-23(29)17-9-10-21(28-14-17)20-8-4-6-16-13-19(31-22(16)20)12-15-5-3-7-18(11-15)24(25,26)27/h3-11,13-14H,2,12H2,1H3. The maximum atomic E-state index is 13.0. The van der Waals surface area contributed by atoms with Gasteiger partial charge in [-0.1, -0.05) is 36.4 Å². The number of alkyl halides is 3. The van der Waals surface area contributed by atoms with Crippen LogP contribution in [-0.4, -0.2) is 17.6 Å². The molecule has 0 saturated carbocycles. The van der Waals surface area contributed by atoms with Crippen molar-refractivity contribution in [3.63, 3.8) is 0 Å². The van der Waals surface area contributed by atoms with E-state index in [-0.39, 0.29) is 0 Å². The number of hydrogen-bond donors (Lipinski definition) is 0. The highest BCUT2D eigenvalue weighted by atomic mass is 32.1. The van der Waals surface area contributed by atoms with Gasteiger partial charge in [-0.25, -0.2) is 4.79 Å². The SMILES string of the molecule is CCOC(=O)c1ccc(-c2cccc3cc(Cc4cccc(C(F)(F)F)c4)sc23)nc1. The van der Waals surface area contributed by atoms with Gasteiger partial charge in [0.2, 0.25) is 0 Å². The van der Waals surface area contributed by atoms with Gasteiger partial charge in [0, 0.05) is 27.8 Å². The summed E-state index contributed by atoms with van der Waals surface area (Å²) in [5.74, 6) is -0.417. The number of carbonyl (C=O) groups excluding carboxylic acids is 1. The van der Waals surface area contributed by atoms with E-state index in [1.165, 1.54) is 29.7 Å². The molecule has 0 atom stereocenters. The second-order valence-electron chi connectivity index (χ2n) is 6.96. The molecule has 31 heavy (non-hydrogen) atoms. The highest BCUT2D eigenvalue weighted by molar-refractivity contribution is 7.19. The molecule has 0 aliphatic rings. The van der Waals surface area contributed by atoms with Crippen molar-refractivity contribution in [2.45, 2.75) is 19.5 Å². The third kappa shape index (κ3) is 4.61. The van der Waals surface area contributed by atoms with Crippen LogP contribution in [0.1, 0.15) is 33.3 Å². The van der Waals surface area contributed by atoms with E-state index in [4.69, 9.17) is 4.74 Å². The molecule has 0 spiro atoms. The number of hydrogen-bond acceptors (Lipinski definition) is 4. The first-order valence-corrected chi connectivity index (χ1v) is 10.5. The first-order chi connectivity index (χ1) is 14.8. The maximum Gasteiger partial charge on any atom is 0.416 e. The number of fused-ring (bicyclic) bond motifs is 1. The van der Waals surface area contributed by atoms with Gasteiger partial charge in [0.25, 0.3) is 0 Å². The van der Waals surface area contributed by atoms with Crippen molar-refractivity contribution in [2.24, 2.45) is 0 Å². The van der Waals surface area contributed by atoms with Crippen LogP contribution in [0.5, 0.6) is 0 Å². The molecule has 0 fully saturated rings. The fourth-order valence-electron chi connectivity index (χ4n) is 3.35. The second kappa shape index (κ2) is 8.51. The third-order valence-corrected chi connectivity index (χ3v) is 5.96. The molecule has 7 heteroatoms. The number of halogens is 3. The lowest BCUT2D eigenvalue weighted by Crippen LogP contribution is -2.05. The summed E-state index contributed by atoms with van der Waals surface area (Å²) in [6.45, 7) is 2.04. The lowest BCUT2D eigenvalue weighted by molar-refractivity contribution is -0.137. The van der Waals surface area contributed by atoms with E-state index in [0.29, 0.717) is 29.8 Å². The minimum Gasteiger partial charge on any atom is -0.462 e. The molecule has 0 bridgehead atoms. The molecule has 0 aliphatic heterocycles. The molecule has 2 heterocycles. The lowest BCUT2D eigenvalue weighted by atomic mass is 10.1. The summed E-state index contributed by atoms with van der Waals surface area (Å²) in [7, 11) is 0. The minimum atomic E-state index is -4.36. The summed E-state index contributed by atoms with van der Waals surface area (Å²) in [4.78, 5) is 17.2. The van der Waals surface area contributed by atoms with Gasteiger partial charge in [0.05, 0.1) is 23.4 Å². The number of pyridine rings is 1. The Kier molecular flexibility index (Phi) is 5.78. The zero-order valence-electron chi connectivity index (χ0n) is 16.6. The predicted octanol–water partition coefficient (Wildman–Crippen LogP) is 6.75. The molecule has 0 unspecified atom stereocenters. The number of benzene rings is 2. The van der Waals surface area contributed by atoms with Gasteiger partial charge in [-0.15, -0.1) is 11.3 Å². The Balaban J connectivity index is 1.64. The van der Waals surface area contributed by atoms with Gasteiger partial charge in [0.15, 0.2) is 0 Å². The van der Waals surface area contributed by atoms with Gasteiger partial charge in [-0.05, 0) is 42.1 Å². The molecule has 3 nitrogen and oxygen atoms in total. The fourth-order valence-corrected chi connectivity index (χ4v) is 4.57. The molecular weight excluding hydrogens is 423 g/mol. The summed E-state index contributed by atoms with van der Waals surface area (Å²) < 4.78 is 45.0. The average Bonchev–Trinajstić information content (AvgIpc) is 3.16. The summed E-state index contributed by atoms with van der Waals surface area (Å²) in [6, 6.07) is 16.7. The molecule has 4 aromatic rings. The maximum absolute atomic E-state index is 13.0. The van der Waals surface area contributed by atoms with Gasteiger partial charge in [-0.3, -0.25) is 4.98 Å². The lowest BCUT2D eigenvalue weighted by Gasteiger charge is -2.08. The van der Waals surface area contributed by atoms with Gasteiger partial charge in [0.1, 0.15) is 0 Å². The minimum absolute atomic E-state index is 0.295. The zero-order valence-corrected chi connectivity index (χ0v) is 17.4. The van der Waals surface area contributed by atoms with Crippen molar-refractivity contribution in [1.29, 1.82) is 0 Å². The zero-order chi connectivity index (χ0) is 22.0. The number of thiophene rings is 1. The Labute approximate surface area is 181 Å². The number of rotatable bonds is 5. The predicted molar refractivity (Wildman–Crippen MR) is 115 cm³/mol. The summed E-state index contributed by atoms with van der Waals surface area (Å²) in [6.07, 6.45) is -2.45. The van der Waals surface area contributed by atoms with Crippen LogP contribution in [0.25, 0.3) is 21.3 Å². The van der Waals surface area contributed by atoms with E-state index in [1.54, 1.807) is 25.1 Å². The smallest absolute Gasteiger partial charge is 0.416 e. The molecule has 2 aromatic heterocycles. The van der Waals surface area contributed by atoms with E-state index >= 15 is 0 Å². The van der Waals surface area contributed by atoms with Crippen molar-refractivity contribution in [3.8, 4) is 11.3 Å². The molecule has 2 aromatic carbocycles. The first-order valence-electron chi connectivity index (χ1n) is 9.66. The topological polar surface area (TPSA) is 39.2 Å². The largest absolute Gasteiger partial charge is 0.462 e. The Morgan fingerprint density at radius 1 is 1.06 bits per heavy atom. The van der Waals surface area contributed by atoms with Crippen LogP contribution in [0.3, 0.4) is 0 Å². The van der Waals surface area contributed by atoms with Crippen LogP contribution in [0, 0.1) is 0 Å². The van der Waals surface area contributed by atoms with E-state index in [0.717, 1.165) is 26.6 Å². The number of carbonyl (C=O) groups is 1. The number of aromatic nitrogens is 1. The fraction of sp³-hybridized carbons (Fsp3) is 0.167. The molecule has 158 valence electrons. The monoisotopic (exact) mass is 441 g/mol. The second-order valence-corrected chi connectivity index (χ2v) is 8.10. The molecule has 0 N–H and O–H groups in total. The van der Waals surface area contributed by atoms with Crippen molar-refractivity contribution in [1.82, 2.24) is 4.98 Å². The highest BCUT2D eigenvalue weighted by Crippen LogP contribution is 2.36. The molecule has 0 amide bonds. The number of esters is 1. The Morgan fingerprint density at radius 2 is 1.87 bits per heavy atom. The molecule has 0 aliphatic carbocycles. The van der Waals surface area contributed by atoms with E-state index in [2.05, 4.69) is 4.98 Å². The number of ether oxygens (including phenoxy) is 1. The van der Waals surface area contributed by atoms with Crippen LogP contribution in [-0.2, 0) is 17.3 Å². The van der Waals surface area contributed by atoms with E-state index in [9.17, 15) is 18.0 Å². The Hall–Kier alpha value is -3.19. The Morgan fingerprint density at radius 3 is 2.58 bits per heavy atom. The summed E-state index contributed by atoms with van der Waals surface area (Å²) in [5, 5.41) is 1.00. The van der Waals surface area contributed by atoms with Crippen molar-refractivity contribution >= 4 is 27.4 Å². The van der Waals surface area contributed by atoms with Crippen molar-refractivity contribution < 1.29 is 22.7 Å². The third-order valence-electron chi connectivity index (χ3n) is 4.78. The average molecular weight is 441 g/mol. The van der Waals surface area contributed by atoms with E-state index in [1.807, 2.05) is 24.3 Å².